The number of hydrogen-bond acceptors (Lipinski definition) is 2. The predicted octanol–water partition coefficient (Wildman–Crippen LogP) is 4.09. The van der Waals surface area contributed by atoms with Crippen molar-refractivity contribution in [1.82, 2.24) is 5.32 Å². The number of carbonyl (C=O) groups excluding carboxylic acids is 1. The van der Waals surface area contributed by atoms with Crippen molar-refractivity contribution in [2.75, 3.05) is 6.61 Å². The lowest BCUT2D eigenvalue weighted by Crippen LogP contribution is -2.32. The summed E-state index contributed by atoms with van der Waals surface area (Å²) in [5, 5.41) is 2.93. The zero-order chi connectivity index (χ0) is 16.8. The van der Waals surface area contributed by atoms with Crippen molar-refractivity contribution in [1.29, 1.82) is 0 Å². The van der Waals surface area contributed by atoms with Gasteiger partial charge in [-0.2, -0.15) is 0 Å². The summed E-state index contributed by atoms with van der Waals surface area (Å²) in [5.41, 5.74) is 3.48. The van der Waals surface area contributed by atoms with Gasteiger partial charge in [-0.25, -0.2) is 4.39 Å². The molecule has 4 heteroatoms. The number of para-hydroxylation sites is 1. The van der Waals surface area contributed by atoms with Crippen LogP contribution in [0.5, 0.6) is 5.75 Å². The highest BCUT2D eigenvalue weighted by Crippen LogP contribution is 2.20. The Hall–Kier alpha value is -2.36. The summed E-state index contributed by atoms with van der Waals surface area (Å²) in [6, 6.07) is 12.1. The molecule has 1 N–H and O–H groups in total. The highest BCUT2D eigenvalue weighted by Gasteiger charge is 2.14. The Morgan fingerprint density at radius 2 is 1.91 bits per heavy atom. The van der Waals surface area contributed by atoms with Crippen molar-refractivity contribution in [3.05, 3.63) is 65.0 Å². The van der Waals surface area contributed by atoms with E-state index in [4.69, 9.17) is 4.74 Å². The van der Waals surface area contributed by atoms with E-state index in [1.165, 1.54) is 23.3 Å². The van der Waals surface area contributed by atoms with Crippen LogP contribution < -0.4 is 10.1 Å². The topological polar surface area (TPSA) is 38.3 Å². The Labute approximate surface area is 136 Å². The SMILES string of the molecule is CC[C@H](NC(=O)COc1ccccc1F)c1ccc(C)c(C)c1. The molecule has 0 saturated carbocycles. The van der Waals surface area contributed by atoms with Crippen molar-refractivity contribution in [2.24, 2.45) is 0 Å². The molecule has 3 nitrogen and oxygen atoms in total. The van der Waals surface area contributed by atoms with Crippen LogP contribution in [0.4, 0.5) is 4.39 Å². The largest absolute Gasteiger partial charge is 0.481 e. The van der Waals surface area contributed by atoms with E-state index in [0.29, 0.717) is 0 Å². The first-order chi connectivity index (χ1) is 11.0. The van der Waals surface area contributed by atoms with Crippen LogP contribution in [0.15, 0.2) is 42.5 Å². The first-order valence-corrected chi connectivity index (χ1v) is 7.75. The van der Waals surface area contributed by atoms with Gasteiger partial charge in [-0.15, -0.1) is 0 Å². The van der Waals surface area contributed by atoms with Crippen LogP contribution in [0, 0.1) is 19.7 Å². The summed E-state index contributed by atoms with van der Waals surface area (Å²) in [4.78, 5) is 12.1. The Morgan fingerprint density at radius 1 is 1.17 bits per heavy atom. The lowest BCUT2D eigenvalue weighted by molar-refractivity contribution is -0.123. The number of carbonyl (C=O) groups is 1. The Bertz CT molecular complexity index is 685. The third-order valence-corrected chi connectivity index (χ3v) is 3.87. The molecule has 0 aliphatic heterocycles. The molecule has 0 bridgehead atoms. The molecule has 2 aromatic carbocycles. The molecule has 122 valence electrons. The van der Waals surface area contributed by atoms with Crippen LogP contribution in [0.1, 0.15) is 36.1 Å². The van der Waals surface area contributed by atoms with E-state index < -0.39 is 5.82 Å². The van der Waals surface area contributed by atoms with Crippen molar-refractivity contribution in [3.63, 3.8) is 0 Å². The van der Waals surface area contributed by atoms with Gasteiger partial charge < -0.3 is 10.1 Å². The summed E-state index contributed by atoms with van der Waals surface area (Å²) < 4.78 is 18.7. The number of benzene rings is 2. The fraction of sp³-hybridized carbons (Fsp3) is 0.316. The van der Waals surface area contributed by atoms with E-state index in [0.717, 1.165) is 12.0 Å². The summed E-state index contributed by atoms with van der Waals surface area (Å²) in [7, 11) is 0. The van der Waals surface area contributed by atoms with Crippen LogP contribution in [0.3, 0.4) is 0 Å². The van der Waals surface area contributed by atoms with Gasteiger partial charge in [0.15, 0.2) is 18.2 Å². The molecule has 0 aliphatic carbocycles. The van der Waals surface area contributed by atoms with Gasteiger partial charge in [0.05, 0.1) is 6.04 Å². The molecule has 23 heavy (non-hydrogen) atoms. The lowest BCUT2D eigenvalue weighted by atomic mass is 9.99. The van der Waals surface area contributed by atoms with E-state index in [1.807, 2.05) is 13.0 Å². The van der Waals surface area contributed by atoms with Crippen LogP contribution in [0.2, 0.25) is 0 Å². The zero-order valence-electron chi connectivity index (χ0n) is 13.7. The number of nitrogens with one attached hydrogen (secondary N) is 1. The van der Waals surface area contributed by atoms with E-state index in [-0.39, 0.29) is 24.3 Å². The van der Waals surface area contributed by atoms with Gasteiger partial charge >= 0.3 is 0 Å². The minimum absolute atomic E-state index is 0.0778. The van der Waals surface area contributed by atoms with Gasteiger partial charge in [0, 0.05) is 0 Å². The third kappa shape index (κ3) is 4.55. The van der Waals surface area contributed by atoms with Gasteiger partial charge in [-0.3, -0.25) is 4.79 Å². The molecular weight excluding hydrogens is 293 g/mol. The van der Waals surface area contributed by atoms with Gasteiger partial charge in [-0.1, -0.05) is 37.3 Å². The summed E-state index contributed by atoms with van der Waals surface area (Å²) >= 11 is 0. The smallest absolute Gasteiger partial charge is 0.258 e. The molecule has 0 fully saturated rings. The maximum Gasteiger partial charge on any atom is 0.258 e. The van der Waals surface area contributed by atoms with Crippen molar-refractivity contribution in [2.45, 2.75) is 33.2 Å². The molecule has 0 aromatic heterocycles. The van der Waals surface area contributed by atoms with E-state index >= 15 is 0 Å². The van der Waals surface area contributed by atoms with Crippen molar-refractivity contribution >= 4 is 5.91 Å². The third-order valence-electron chi connectivity index (χ3n) is 3.87. The Morgan fingerprint density at radius 3 is 2.57 bits per heavy atom. The van der Waals surface area contributed by atoms with E-state index in [9.17, 15) is 9.18 Å². The summed E-state index contributed by atoms with van der Waals surface area (Å²) in [6.45, 7) is 5.91. The monoisotopic (exact) mass is 315 g/mol. The first kappa shape index (κ1) is 17.0. The highest BCUT2D eigenvalue weighted by molar-refractivity contribution is 5.78. The molecular formula is C19H22FNO2. The van der Waals surface area contributed by atoms with E-state index in [1.54, 1.807) is 12.1 Å². The van der Waals surface area contributed by atoms with Gasteiger partial charge in [0.1, 0.15) is 0 Å². The lowest BCUT2D eigenvalue weighted by Gasteiger charge is -2.19. The van der Waals surface area contributed by atoms with Crippen LogP contribution in [-0.2, 0) is 4.79 Å². The minimum Gasteiger partial charge on any atom is -0.481 e. The molecule has 0 aliphatic rings. The van der Waals surface area contributed by atoms with Crippen LogP contribution in [-0.4, -0.2) is 12.5 Å². The second kappa shape index (κ2) is 7.77. The molecule has 1 atom stereocenters. The zero-order valence-corrected chi connectivity index (χ0v) is 13.7. The minimum atomic E-state index is -0.471. The fourth-order valence-electron chi connectivity index (χ4n) is 2.34. The Balaban J connectivity index is 1.97. The number of aryl methyl sites for hydroxylation is 2. The first-order valence-electron chi connectivity index (χ1n) is 7.75. The van der Waals surface area contributed by atoms with Crippen LogP contribution in [0.25, 0.3) is 0 Å². The standard InChI is InChI=1S/C19H22FNO2/c1-4-17(15-10-9-13(2)14(3)11-15)21-19(22)12-23-18-8-6-5-7-16(18)20/h5-11,17H,4,12H2,1-3H3,(H,21,22)/t17-/m0/s1. The number of hydrogen-bond donors (Lipinski definition) is 1. The Kier molecular flexibility index (Phi) is 5.74. The average molecular weight is 315 g/mol. The van der Waals surface area contributed by atoms with Gasteiger partial charge in [0.25, 0.3) is 5.91 Å². The molecule has 0 spiro atoms. The molecule has 0 heterocycles. The normalized spacial score (nSPS) is 11.8. The van der Waals surface area contributed by atoms with Gasteiger partial charge in [0.2, 0.25) is 0 Å². The molecule has 1 amide bonds. The number of halogens is 1. The second-order valence-corrected chi connectivity index (χ2v) is 5.59. The van der Waals surface area contributed by atoms with Gasteiger partial charge in [-0.05, 0) is 49.1 Å². The summed E-state index contributed by atoms with van der Waals surface area (Å²) in [5.74, 6) is -0.651. The predicted molar refractivity (Wildman–Crippen MR) is 89.0 cm³/mol. The average Bonchev–Trinajstić information content (AvgIpc) is 2.54. The number of rotatable bonds is 6. The number of ether oxygens (including phenoxy) is 1. The molecule has 0 saturated heterocycles. The fourth-order valence-corrected chi connectivity index (χ4v) is 2.34. The maximum absolute atomic E-state index is 13.5. The molecule has 0 unspecified atom stereocenters. The quantitative estimate of drug-likeness (QED) is 0.872. The highest BCUT2D eigenvalue weighted by atomic mass is 19.1. The maximum atomic E-state index is 13.5. The van der Waals surface area contributed by atoms with Crippen molar-refractivity contribution in [3.8, 4) is 5.75 Å². The molecule has 2 rings (SSSR count). The summed E-state index contributed by atoms with van der Waals surface area (Å²) in [6.07, 6.45) is 0.772. The van der Waals surface area contributed by atoms with E-state index in [2.05, 4.69) is 31.3 Å². The molecule has 0 radical (unpaired) electrons. The second-order valence-electron chi connectivity index (χ2n) is 5.59. The van der Waals surface area contributed by atoms with Crippen LogP contribution >= 0.6 is 0 Å². The van der Waals surface area contributed by atoms with Crippen molar-refractivity contribution < 1.29 is 13.9 Å². The number of amides is 1. The molecule has 2 aromatic rings.